The molecule has 1 aromatic carbocycles. The smallest absolute Gasteiger partial charge is 0.0543 e. The summed E-state index contributed by atoms with van der Waals surface area (Å²) in [5, 5.41) is 9.73. The molecule has 16 heavy (non-hydrogen) atoms. The maximum Gasteiger partial charge on any atom is 0.0543 e. The molecule has 90 valence electrons. The maximum absolute atomic E-state index is 9.73. The summed E-state index contributed by atoms with van der Waals surface area (Å²) in [4.78, 5) is 0. The van der Waals surface area contributed by atoms with Crippen molar-refractivity contribution >= 4 is 0 Å². The van der Waals surface area contributed by atoms with Crippen molar-refractivity contribution in [1.82, 2.24) is 0 Å². The summed E-state index contributed by atoms with van der Waals surface area (Å²) in [5.74, 6) is 0. The van der Waals surface area contributed by atoms with Gasteiger partial charge in [0, 0.05) is 0 Å². The van der Waals surface area contributed by atoms with Crippen LogP contribution in [-0.4, -0.2) is 11.2 Å². The molecule has 1 aromatic rings. The highest BCUT2D eigenvalue weighted by molar-refractivity contribution is 5.36. The van der Waals surface area contributed by atoms with Crippen LogP contribution >= 0.6 is 0 Å². The third-order valence-electron chi connectivity index (χ3n) is 3.32. The van der Waals surface area contributed by atoms with Gasteiger partial charge in [0.25, 0.3) is 0 Å². The van der Waals surface area contributed by atoms with Crippen LogP contribution in [0.3, 0.4) is 0 Å². The lowest BCUT2D eigenvalue weighted by Crippen LogP contribution is -2.08. The lowest BCUT2D eigenvalue weighted by Gasteiger charge is -2.12. The third-order valence-corrected chi connectivity index (χ3v) is 3.32. The lowest BCUT2D eigenvalue weighted by atomic mass is 9.96. The molecule has 0 heterocycles. The molecule has 0 aliphatic rings. The van der Waals surface area contributed by atoms with Crippen molar-refractivity contribution in [2.45, 2.75) is 59.5 Å². The number of aryl methyl sites for hydroxylation is 4. The fourth-order valence-corrected chi connectivity index (χ4v) is 2.09. The highest BCUT2D eigenvalue weighted by Gasteiger charge is 2.06. The summed E-state index contributed by atoms with van der Waals surface area (Å²) in [7, 11) is 0. The van der Waals surface area contributed by atoms with E-state index in [1.54, 1.807) is 0 Å². The van der Waals surface area contributed by atoms with Crippen LogP contribution in [-0.2, 0) is 6.42 Å². The van der Waals surface area contributed by atoms with E-state index >= 15 is 0 Å². The average Bonchev–Trinajstić information content (AvgIpc) is 2.22. The third kappa shape index (κ3) is 3.64. The monoisotopic (exact) mass is 220 g/mol. The molecule has 1 unspecified atom stereocenters. The van der Waals surface area contributed by atoms with E-state index in [9.17, 15) is 5.11 Å². The molecule has 1 nitrogen and oxygen atoms in total. The van der Waals surface area contributed by atoms with E-state index in [-0.39, 0.29) is 6.10 Å². The standard InChI is InChI=1S/C15H24O/c1-5-6-15(16)8-7-14-10-12(3)11(2)9-13(14)4/h9-10,15-16H,5-8H2,1-4H3. The molecular weight excluding hydrogens is 196 g/mol. The Morgan fingerprint density at radius 1 is 1.00 bits per heavy atom. The second-order valence-electron chi connectivity index (χ2n) is 4.84. The van der Waals surface area contributed by atoms with Crippen LogP contribution < -0.4 is 0 Å². The zero-order valence-corrected chi connectivity index (χ0v) is 11.0. The van der Waals surface area contributed by atoms with Crippen molar-refractivity contribution in [2.24, 2.45) is 0 Å². The molecule has 1 rings (SSSR count). The van der Waals surface area contributed by atoms with Gasteiger partial charge in [-0.3, -0.25) is 0 Å². The SMILES string of the molecule is CCCC(O)CCc1cc(C)c(C)cc1C. The minimum Gasteiger partial charge on any atom is -0.393 e. The van der Waals surface area contributed by atoms with Gasteiger partial charge in [-0.2, -0.15) is 0 Å². The van der Waals surface area contributed by atoms with Gasteiger partial charge in [-0.15, -0.1) is 0 Å². The molecule has 1 atom stereocenters. The first-order valence-corrected chi connectivity index (χ1v) is 6.29. The van der Waals surface area contributed by atoms with Crippen molar-refractivity contribution in [3.63, 3.8) is 0 Å². The first-order chi connectivity index (χ1) is 7.54. The van der Waals surface area contributed by atoms with Crippen LogP contribution in [0.25, 0.3) is 0 Å². The van der Waals surface area contributed by atoms with Gasteiger partial charge in [-0.25, -0.2) is 0 Å². The molecule has 0 radical (unpaired) electrons. The first kappa shape index (κ1) is 13.2. The Bertz CT molecular complexity index is 342. The number of hydrogen-bond acceptors (Lipinski definition) is 1. The summed E-state index contributed by atoms with van der Waals surface area (Å²) < 4.78 is 0. The topological polar surface area (TPSA) is 20.2 Å². The van der Waals surface area contributed by atoms with Crippen LogP contribution in [0.2, 0.25) is 0 Å². The predicted octanol–water partition coefficient (Wildman–Crippen LogP) is 3.71. The molecular formula is C15H24O. The second-order valence-corrected chi connectivity index (χ2v) is 4.84. The minimum atomic E-state index is -0.133. The van der Waals surface area contributed by atoms with Crippen molar-refractivity contribution in [2.75, 3.05) is 0 Å². The molecule has 0 aliphatic heterocycles. The Hall–Kier alpha value is -0.820. The molecule has 1 N–H and O–H groups in total. The number of aliphatic hydroxyl groups is 1. The second kappa shape index (κ2) is 6.05. The largest absolute Gasteiger partial charge is 0.393 e. The number of benzene rings is 1. The van der Waals surface area contributed by atoms with Crippen molar-refractivity contribution < 1.29 is 5.11 Å². The van der Waals surface area contributed by atoms with E-state index in [4.69, 9.17) is 0 Å². The molecule has 0 saturated carbocycles. The zero-order valence-electron chi connectivity index (χ0n) is 11.0. The molecule has 0 aliphatic carbocycles. The van der Waals surface area contributed by atoms with Gasteiger partial charge in [-0.05, 0) is 62.3 Å². The van der Waals surface area contributed by atoms with E-state index in [1.165, 1.54) is 22.3 Å². The molecule has 0 amide bonds. The van der Waals surface area contributed by atoms with E-state index in [1.807, 2.05) is 0 Å². The van der Waals surface area contributed by atoms with E-state index in [2.05, 4.69) is 39.8 Å². The first-order valence-electron chi connectivity index (χ1n) is 6.29. The highest BCUT2D eigenvalue weighted by atomic mass is 16.3. The highest BCUT2D eigenvalue weighted by Crippen LogP contribution is 2.18. The van der Waals surface area contributed by atoms with Crippen molar-refractivity contribution in [3.05, 3.63) is 34.4 Å². The number of aliphatic hydroxyl groups excluding tert-OH is 1. The quantitative estimate of drug-likeness (QED) is 0.802. The van der Waals surface area contributed by atoms with Crippen molar-refractivity contribution in [3.8, 4) is 0 Å². The van der Waals surface area contributed by atoms with Crippen LogP contribution in [0, 0.1) is 20.8 Å². The minimum absolute atomic E-state index is 0.133. The summed E-state index contributed by atoms with van der Waals surface area (Å²) in [6.45, 7) is 8.58. The van der Waals surface area contributed by atoms with Crippen LogP contribution in [0.15, 0.2) is 12.1 Å². The normalized spacial score (nSPS) is 12.8. The summed E-state index contributed by atoms with van der Waals surface area (Å²) in [5.41, 5.74) is 5.45. The van der Waals surface area contributed by atoms with Gasteiger partial charge in [0.2, 0.25) is 0 Å². The fraction of sp³-hybridized carbons (Fsp3) is 0.600. The van der Waals surface area contributed by atoms with E-state index in [0.717, 1.165) is 25.7 Å². The fourth-order valence-electron chi connectivity index (χ4n) is 2.09. The van der Waals surface area contributed by atoms with Crippen LogP contribution in [0.4, 0.5) is 0 Å². The Morgan fingerprint density at radius 2 is 1.62 bits per heavy atom. The average molecular weight is 220 g/mol. The van der Waals surface area contributed by atoms with Gasteiger partial charge in [0.15, 0.2) is 0 Å². The predicted molar refractivity (Wildman–Crippen MR) is 69.9 cm³/mol. The molecule has 0 fully saturated rings. The Kier molecular flexibility index (Phi) is 5.01. The van der Waals surface area contributed by atoms with Crippen LogP contribution in [0.5, 0.6) is 0 Å². The molecule has 0 bridgehead atoms. The van der Waals surface area contributed by atoms with Gasteiger partial charge >= 0.3 is 0 Å². The Labute approximate surface area is 99.5 Å². The van der Waals surface area contributed by atoms with Gasteiger partial charge in [-0.1, -0.05) is 25.5 Å². The maximum atomic E-state index is 9.73. The molecule has 1 heteroatoms. The lowest BCUT2D eigenvalue weighted by molar-refractivity contribution is 0.154. The van der Waals surface area contributed by atoms with Gasteiger partial charge in [0.05, 0.1) is 6.10 Å². The van der Waals surface area contributed by atoms with E-state index < -0.39 is 0 Å². The summed E-state index contributed by atoms with van der Waals surface area (Å²) >= 11 is 0. The Balaban J connectivity index is 2.63. The van der Waals surface area contributed by atoms with Crippen molar-refractivity contribution in [1.29, 1.82) is 0 Å². The zero-order chi connectivity index (χ0) is 12.1. The van der Waals surface area contributed by atoms with Gasteiger partial charge in [0.1, 0.15) is 0 Å². The molecule has 0 aromatic heterocycles. The van der Waals surface area contributed by atoms with Crippen LogP contribution in [0.1, 0.15) is 48.4 Å². The summed E-state index contributed by atoms with van der Waals surface area (Å²) in [6.07, 6.45) is 3.73. The van der Waals surface area contributed by atoms with E-state index in [0.29, 0.717) is 0 Å². The number of rotatable bonds is 5. The van der Waals surface area contributed by atoms with Gasteiger partial charge < -0.3 is 5.11 Å². The summed E-state index contributed by atoms with van der Waals surface area (Å²) in [6, 6.07) is 4.51. The molecule has 0 spiro atoms. The molecule has 0 saturated heterocycles. The Morgan fingerprint density at radius 3 is 2.25 bits per heavy atom. The number of hydrogen-bond donors (Lipinski definition) is 1.